The Morgan fingerprint density at radius 1 is 1.38 bits per heavy atom. The number of aromatic nitrogens is 2. The van der Waals surface area contributed by atoms with Crippen molar-refractivity contribution in [3.8, 4) is 0 Å². The minimum Gasteiger partial charge on any atom is -0.379 e. The zero-order valence-corrected chi connectivity index (χ0v) is 13.1. The van der Waals surface area contributed by atoms with Gasteiger partial charge in [0.1, 0.15) is 4.47 Å². The predicted molar refractivity (Wildman–Crippen MR) is 87.7 cm³/mol. The van der Waals surface area contributed by atoms with E-state index in [2.05, 4.69) is 57.2 Å². The number of halogens is 1. The van der Waals surface area contributed by atoms with Crippen molar-refractivity contribution in [1.29, 1.82) is 0 Å². The summed E-state index contributed by atoms with van der Waals surface area (Å²) in [5.41, 5.74) is 3.35. The van der Waals surface area contributed by atoms with E-state index in [0.29, 0.717) is 17.1 Å². The van der Waals surface area contributed by atoms with Gasteiger partial charge in [-0.2, -0.15) is 5.10 Å². The molecule has 1 aromatic heterocycles. The third-order valence-electron chi connectivity index (χ3n) is 3.70. The van der Waals surface area contributed by atoms with Gasteiger partial charge in [-0.15, -0.1) is 6.58 Å². The van der Waals surface area contributed by atoms with Crippen LogP contribution >= 0.6 is 15.9 Å². The van der Waals surface area contributed by atoms with Crippen LogP contribution in [0, 0.1) is 0 Å². The number of nitrogens with one attached hydrogen (secondary N) is 1. The summed E-state index contributed by atoms with van der Waals surface area (Å²) in [5.74, 6) is 0. The molecule has 4 nitrogen and oxygen atoms in total. The number of hydrogen-bond acceptors (Lipinski definition) is 3. The average molecular weight is 346 g/mol. The Morgan fingerprint density at radius 3 is 2.67 bits per heavy atom. The molecule has 0 saturated heterocycles. The van der Waals surface area contributed by atoms with E-state index >= 15 is 0 Å². The molecular weight excluding hydrogens is 330 g/mol. The minimum atomic E-state index is -0.143. The molecule has 0 bridgehead atoms. The third kappa shape index (κ3) is 2.78. The van der Waals surface area contributed by atoms with E-state index in [-0.39, 0.29) is 5.56 Å². The lowest BCUT2D eigenvalue weighted by molar-refractivity contribution is 0.646. The second-order valence-electron chi connectivity index (χ2n) is 5.17. The normalized spacial score (nSPS) is 14.0. The van der Waals surface area contributed by atoms with E-state index in [1.54, 1.807) is 12.3 Å². The lowest BCUT2D eigenvalue weighted by Crippen LogP contribution is -2.26. The summed E-state index contributed by atoms with van der Waals surface area (Å²) in [6, 6.07) is 8.75. The lowest BCUT2D eigenvalue weighted by Gasteiger charge is -2.15. The van der Waals surface area contributed by atoms with Crippen molar-refractivity contribution >= 4 is 21.6 Å². The standard InChI is InChI=1S/C16H16BrN3O/c1-2-7-20-16(21)15(17)14(10-18-20)19-13-8-11-5-3-4-6-12(11)9-13/h2-6,10,13,19H,1,7-9H2. The number of fused-ring (bicyclic) bond motifs is 1. The average Bonchev–Trinajstić information content (AvgIpc) is 2.89. The van der Waals surface area contributed by atoms with Gasteiger partial charge in [0.05, 0.1) is 18.4 Å². The molecule has 21 heavy (non-hydrogen) atoms. The van der Waals surface area contributed by atoms with Crippen molar-refractivity contribution in [2.75, 3.05) is 5.32 Å². The third-order valence-corrected chi connectivity index (χ3v) is 4.46. The topological polar surface area (TPSA) is 46.9 Å². The van der Waals surface area contributed by atoms with Crippen LogP contribution in [0.1, 0.15) is 11.1 Å². The van der Waals surface area contributed by atoms with Crippen molar-refractivity contribution < 1.29 is 0 Å². The molecule has 3 rings (SSSR count). The van der Waals surface area contributed by atoms with Crippen molar-refractivity contribution in [1.82, 2.24) is 9.78 Å². The summed E-state index contributed by atoms with van der Waals surface area (Å²) in [7, 11) is 0. The van der Waals surface area contributed by atoms with Gasteiger partial charge in [-0.05, 0) is 39.9 Å². The summed E-state index contributed by atoms with van der Waals surface area (Å²) in [6.07, 6.45) is 5.29. The van der Waals surface area contributed by atoms with Crippen LogP contribution in [0.2, 0.25) is 0 Å². The van der Waals surface area contributed by atoms with Crippen LogP contribution in [0.4, 0.5) is 5.69 Å². The van der Waals surface area contributed by atoms with Crippen LogP contribution < -0.4 is 10.9 Å². The number of hydrogen-bond donors (Lipinski definition) is 1. The maximum Gasteiger partial charge on any atom is 0.283 e. The predicted octanol–water partition coefficient (Wildman–Crippen LogP) is 2.77. The first kappa shape index (κ1) is 14.1. The smallest absolute Gasteiger partial charge is 0.283 e. The molecule has 0 spiro atoms. The molecule has 5 heteroatoms. The van der Waals surface area contributed by atoms with Crippen molar-refractivity contribution in [3.63, 3.8) is 0 Å². The molecule has 0 saturated carbocycles. The van der Waals surface area contributed by atoms with Crippen LogP contribution in [-0.4, -0.2) is 15.8 Å². The maximum atomic E-state index is 12.1. The van der Waals surface area contributed by atoms with Crippen LogP contribution in [-0.2, 0) is 19.4 Å². The first-order valence-electron chi connectivity index (χ1n) is 6.89. The highest BCUT2D eigenvalue weighted by Crippen LogP contribution is 2.26. The molecule has 2 aromatic rings. The van der Waals surface area contributed by atoms with E-state index in [1.165, 1.54) is 15.8 Å². The quantitative estimate of drug-likeness (QED) is 0.866. The fourth-order valence-corrected chi connectivity index (χ4v) is 3.12. The molecule has 0 fully saturated rings. The van der Waals surface area contributed by atoms with Gasteiger partial charge < -0.3 is 5.32 Å². The summed E-state index contributed by atoms with van der Waals surface area (Å²) >= 11 is 3.37. The van der Waals surface area contributed by atoms with Gasteiger partial charge in [0, 0.05) is 6.04 Å². The second kappa shape index (κ2) is 5.85. The van der Waals surface area contributed by atoms with Crippen LogP contribution in [0.25, 0.3) is 0 Å². The van der Waals surface area contributed by atoms with Gasteiger partial charge in [0.25, 0.3) is 5.56 Å². The molecule has 0 amide bonds. The zero-order valence-electron chi connectivity index (χ0n) is 11.6. The molecule has 1 heterocycles. The minimum absolute atomic E-state index is 0.143. The SMILES string of the molecule is C=CCn1ncc(NC2Cc3ccccc3C2)c(Br)c1=O. The van der Waals surface area contributed by atoms with Crippen LogP contribution in [0.3, 0.4) is 0 Å². The second-order valence-corrected chi connectivity index (χ2v) is 5.96. The molecule has 0 unspecified atom stereocenters. The van der Waals surface area contributed by atoms with Crippen molar-refractivity contribution in [2.24, 2.45) is 0 Å². The molecule has 108 valence electrons. The van der Waals surface area contributed by atoms with Gasteiger partial charge in [-0.3, -0.25) is 4.79 Å². The van der Waals surface area contributed by atoms with E-state index < -0.39 is 0 Å². The Hall–Kier alpha value is -1.88. The highest BCUT2D eigenvalue weighted by Gasteiger charge is 2.22. The lowest BCUT2D eigenvalue weighted by atomic mass is 10.1. The Kier molecular flexibility index (Phi) is 3.92. The zero-order chi connectivity index (χ0) is 14.8. The van der Waals surface area contributed by atoms with E-state index in [1.807, 2.05) is 0 Å². The number of allylic oxidation sites excluding steroid dienone is 1. The molecular formula is C16H16BrN3O. The Morgan fingerprint density at radius 2 is 2.05 bits per heavy atom. The van der Waals surface area contributed by atoms with E-state index in [4.69, 9.17) is 0 Å². The van der Waals surface area contributed by atoms with Gasteiger partial charge in [0.2, 0.25) is 0 Å². The number of benzene rings is 1. The van der Waals surface area contributed by atoms with E-state index in [0.717, 1.165) is 18.5 Å². The van der Waals surface area contributed by atoms with Gasteiger partial charge in [-0.1, -0.05) is 30.3 Å². The van der Waals surface area contributed by atoms with Crippen LogP contribution in [0.15, 0.2) is 52.4 Å². The summed E-state index contributed by atoms with van der Waals surface area (Å²) in [4.78, 5) is 12.1. The molecule has 0 radical (unpaired) electrons. The molecule has 0 aliphatic heterocycles. The Bertz CT molecular complexity index is 714. The van der Waals surface area contributed by atoms with Gasteiger partial charge in [0.15, 0.2) is 0 Å². The number of rotatable bonds is 4. The maximum absolute atomic E-state index is 12.1. The molecule has 1 aliphatic carbocycles. The van der Waals surface area contributed by atoms with Gasteiger partial charge in [-0.25, -0.2) is 4.68 Å². The number of nitrogens with zero attached hydrogens (tertiary/aromatic N) is 2. The first-order valence-corrected chi connectivity index (χ1v) is 7.68. The van der Waals surface area contributed by atoms with Crippen molar-refractivity contribution in [2.45, 2.75) is 25.4 Å². The summed E-state index contributed by atoms with van der Waals surface area (Å²) < 4.78 is 1.90. The first-order chi connectivity index (χ1) is 10.2. The molecule has 1 aliphatic rings. The van der Waals surface area contributed by atoms with Crippen molar-refractivity contribution in [3.05, 3.63) is 69.1 Å². The summed E-state index contributed by atoms with van der Waals surface area (Å²) in [6.45, 7) is 4.03. The molecule has 1 N–H and O–H groups in total. The summed E-state index contributed by atoms with van der Waals surface area (Å²) in [5, 5.41) is 7.58. The number of anilines is 1. The highest BCUT2D eigenvalue weighted by molar-refractivity contribution is 9.10. The largest absolute Gasteiger partial charge is 0.379 e. The fraction of sp³-hybridized carbons (Fsp3) is 0.250. The Balaban J connectivity index is 1.80. The monoisotopic (exact) mass is 345 g/mol. The Labute approximate surface area is 131 Å². The van der Waals surface area contributed by atoms with Gasteiger partial charge >= 0.3 is 0 Å². The van der Waals surface area contributed by atoms with E-state index in [9.17, 15) is 4.79 Å². The molecule has 0 atom stereocenters. The molecule has 1 aromatic carbocycles. The fourth-order valence-electron chi connectivity index (χ4n) is 2.70. The van der Waals surface area contributed by atoms with Crippen LogP contribution in [0.5, 0.6) is 0 Å². The highest BCUT2D eigenvalue weighted by atomic mass is 79.9.